The highest BCUT2D eigenvalue weighted by atomic mass is 35.5. The molecule has 20 heteroatoms. The second kappa shape index (κ2) is 14.5. The zero-order valence-corrected chi connectivity index (χ0v) is 27.2. The molecule has 2 aliphatic rings. The van der Waals surface area contributed by atoms with Crippen molar-refractivity contribution >= 4 is 98.8 Å². The summed E-state index contributed by atoms with van der Waals surface area (Å²) in [5.74, 6) is -2.78. The van der Waals surface area contributed by atoms with E-state index in [9.17, 15) is 29.1 Å². The van der Waals surface area contributed by atoms with Crippen LogP contribution in [0, 0.1) is 0 Å². The lowest BCUT2D eigenvalue weighted by Crippen LogP contribution is -2.71. The summed E-state index contributed by atoms with van der Waals surface area (Å²) in [6.45, 7) is 4.90. The van der Waals surface area contributed by atoms with Crippen molar-refractivity contribution in [3.05, 3.63) is 39.0 Å². The highest BCUT2D eigenvalue weighted by Gasteiger charge is 2.54. The number of rotatable bonds is 13. The third kappa shape index (κ3) is 8.14. The van der Waals surface area contributed by atoms with Crippen molar-refractivity contribution in [2.45, 2.75) is 42.1 Å². The SMILES string of the molecule is CC(C)(C)OC(=O)C=CCON=C(C(=O)NC1C(=O)N2C(C(=O)O)=C(CSc3nncs3)CS[C@H]12)c1nc(NC=O)sc1Cl. The first kappa shape index (κ1) is 33.4. The molecule has 0 bridgehead atoms. The molecule has 2 atom stereocenters. The zero-order chi connectivity index (χ0) is 32.0. The maximum Gasteiger partial charge on any atom is 0.352 e. The van der Waals surface area contributed by atoms with Crippen LogP contribution in [0.25, 0.3) is 0 Å². The first-order valence-electron chi connectivity index (χ1n) is 12.5. The summed E-state index contributed by atoms with van der Waals surface area (Å²) in [5, 5.41) is 25.7. The zero-order valence-electron chi connectivity index (χ0n) is 23.1. The number of nitrogens with zero attached hydrogens (tertiary/aromatic N) is 5. The van der Waals surface area contributed by atoms with E-state index in [0.717, 1.165) is 22.3 Å². The number of ether oxygens (including phenoxy) is 1. The van der Waals surface area contributed by atoms with E-state index in [1.165, 1.54) is 40.9 Å². The predicted octanol–water partition coefficient (Wildman–Crippen LogP) is 2.37. The number of aliphatic carboxylic acids is 1. The van der Waals surface area contributed by atoms with E-state index >= 15 is 0 Å². The number of hydrogen-bond donors (Lipinski definition) is 3. The van der Waals surface area contributed by atoms with Gasteiger partial charge in [0.1, 0.15) is 44.9 Å². The van der Waals surface area contributed by atoms with Crippen LogP contribution in [0.1, 0.15) is 26.5 Å². The topological polar surface area (TPSA) is 202 Å². The number of halogens is 1. The summed E-state index contributed by atoms with van der Waals surface area (Å²) in [5.41, 5.74) is 0.739. The van der Waals surface area contributed by atoms with Gasteiger partial charge in [0.25, 0.3) is 11.8 Å². The van der Waals surface area contributed by atoms with Crippen LogP contribution in [-0.4, -0.2) is 96.2 Å². The lowest BCUT2D eigenvalue weighted by Gasteiger charge is -2.49. The number of fused-ring (bicyclic) bond motifs is 1. The number of carboxylic acid groups (broad SMARTS) is 1. The van der Waals surface area contributed by atoms with E-state index in [0.29, 0.717) is 27.8 Å². The third-order valence-corrected chi connectivity index (χ3v) is 9.91. The number of hydrogen-bond acceptors (Lipinski definition) is 15. The number of aromatic nitrogens is 3. The van der Waals surface area contributed by atoms with Gasteiger partial charge in [0.05, 0.1) is 0 Å². The molecule has 0 radical (unpaired) electrons. The monoisotopic (exact) mass is 701 g/mol. The fourth-order valence-electron chi connectivity index (χ4n) is 3.76. The molecule has 1 fully saturated rings. The Morgan fingerprint density at radius 1 is 1.34 bits per heavy atom. The molecule has 4 heterocycles. The summed E-state index contributed by atoms with van der Waals surface area (Å²) < 4.78 is 5.82. The molecule has 0 spiro atoms. The van der Waals surface area contributed by atoms with E-state index in [1.54, 1.807) is 26.3 Å². The van der Waals surface area contributed by atoms with E-state index in [2.05, 4.69) is 31.0 Å². The van der Waals surface area contributed by atoms with Crippen molar-refractivity contribution in [2.24, 2.45) is 5.16 Å². The predicted molar refractivity (Wildman–Crippen MR) is 165 cm³/mol. The van der Waals surface area contributed by atoms with Gasteiger partial charge in [-0.05, 0) is 32.4 Å². The Hall–Kier alpha value is -3.52. The smallest absolute Gasteiger partial charge is 0.352 e. The van der Waals surface area contributed by atoms with Gasteiger partial charge in [-0.15, -0.1) is 22.0 Å². The number of oxime groups is 1. The normalized spacial score (nSPS) is 18.5. The molecule has 4 rings (SSSR count). The second-order valence-electron chi connectivity index (χ2n) is 9.69. The molecular formula is C24H24ClN7O8S4. The van der Waals surface area contributed by atoms with Crippen LogP contribution in [0.15, 0.2) is 38.4 Å². The Morgan fingerprint density at radius 2 is 2.11 bits per heavy atom. The highest BCUT2D eigenvalue weighted by Crippen LogP contribution is 2.41. The minimum absolute atomic E-state index is 0.00146. The number of carbonyl (C=O) groups excluding carboxylic acids is 4. The van der Waals surface area contributed by atoms with Gasteiger partial charge < -0.3 is 25.3 Å². The van der Waals surface area contributed by atoms with Gasteiger partial charge in [-0.2, -0.15) is 0 Å². The van der Waals surface area contributed by atoms with Crippen LogP contribution in [0.5, 0.6) is 0 Å². The Balaban J connectivity index is 1.49. The molecule has 0 aromatic carbocycles. The number of β-lactam (4-membered cyclic amide) rings is 1. The van der Waals surface area contributed by atoms with Crippen LogP contribution in [-0.2, 0) is 33.5 Å². The number of nitrogens with one attached hydrogen (secondary N) is 2. The summed E-state index contributed by atoms with van der Waals surface area (Å²) in [4.78, 5) is 71.9. The maximum absolute atomic E-state index is 13.4. The minimum Gasteiger partial charge on any atom is -0.477 e. The quantitative estimate of drug-likeness (QED) is 0.0402. The number of esters is 1. The Bertz CT molecular complexity index is 1540. The number of anilines is 1. The molecule has 1 unspecified atom stereocenters. The number of carboxylic acids is 1. The third-order valence-electron chi connectivity index (χ3n) is 5.44. The van der Waals surface area contributed by atoms with Crippen LogP contribution in [0.4, 0.5) is 5.13 Å². The van der Waals surface area contributed by atoms with Gasteiger partial charge >= 0.3 is 11.9 Å². The molecule has 2 aliphatic heterocycles. The molecular weight excluding hydrogens is 678 g/mol. The molecule has 1 saturated heterocycles. The summed E-state index contributed by atoms with van der Waals surface area (Å²) in [6.07, 6.45) is 2.84. The molecule has 234 valence electrons. The molecule has 3 amide bonds. The van der Waals surface area contributed by atoms with E-state index < -0.39 is 46.5 Å². The fourth-order valence-corrected chi connectivity index (χ4v) is 7.73. The second-order valence-corrected chi connectivity index (χ2v) is 14.4. The Kier molecular flexibility index (Phi) is 11.0. The van der Waals surface area contributed by atoms with Gasteiger partial charge in [0, 0.05) is 17.6 Å². The average molecular weight is 702 g/mol. The molecule has 2 aromatic heterocycles. The standard InChI is InChI=1S/C24H24ClN7O8S4/c1-24(2,3)40-12(34)5-4-6-39-31-14(13-17(25)44-22(29-13)26-9-33)18(35)28-15-19(36)32-16(21(37)38)11(7-41-20(15)32)8-42-23-30-27-10-43-23/h4-5,9-10,15,20H,6-8H2,1-3H3,(H,28,35)(H,37,38)(H,26,29,33)/t15?,20-/m1/s1. The lowest BCUT2D eigenvalue weighted by molar-refractivity contribution is -0.150. The van der Waals surface area contributed by atoms with Crippen molar-refractivity contribution < 1.29 is 38.7 Å². The summed E-state index contributed by atoms with van der Waals surface area (Å²) >= 11 is 11.1. The summed E-state index contributed by atoms with van der Waals surface area (Å²) in [6, 6.07) is -1.08. The van der Waals surface area contributed by atoms with Crippen LogP contribution in [0.3, 0.4) is 0 Å². The molecule has 3 N–H and O–H groups in total. The van der Waals surface area contributed by atoms with E-state index in [-0.39, 0.29) is 27.5 Å². The Labute approximate surface area is 271 Å². The summed E-state index contributed by atoms with van der Waals surface area (Å²) in [7, 11) is 0. The first-order chi connectivity index (χ1) is 20.9. The van der Waals surface area contributed by atoms with Gasteiger partial charge in [-0.1, -0.05) is 51.2 Å². The van der Waals surface area contributed by atoms with Crippen molar-refractivity contribution in [1.29, 1.82) is 0 Å². The van der Waals surface area contributed by atoms with Crippen LogP contribution in [0.2, 0.25) is 4.34 Å². The number of thiazole rings is 1. The largest absolute Gasteiger partial charge is 0.477 e. The van der Waals surface area contributed by atoms with Crippen molar-refractivity contribution in [2.75, 3.05) is 23.4 Å². The first-order valence-corrected chi connectivity index (χ1v) is 16.6. The Morgan fingerprint density at radius 3 is 2.77 bits per heavy atom. The average Bonchev–Trinajstić information content (AvgIpc) is 3.60. The molecule has 0 aliphatic carbocycles. The molecule has 44 heavy (non-hydrogen) atoms. The van der Waals surface area contributed by atoms with Gasteiger partial charge in [-0.3, -0.25) is 19.3 Å². The van der Waals surface area contributed by atoms with Crippen molar-refractivity contribution in [3.8, 4) is 0 Å². The molecule has 15 nitrogen and oxygen atoms in total. The highest BCUT2D eigenvalue weighted by molar-refractivity contribution is 8.01. The van der Waals surface area contributed by atoms with Gasteiger partial charge in [-0.25, -0.2) is 14.6 Å². The van der Waals surface area contributed by atoms with Gasteiger partial charge in [0.15, 0.2) is 15.2 Å². The maximum atomic E-state index is 13.4. The minimum atomic E-state index is -1.26. The number of thioether (sulfide) groups is 2. The molecule has 2 aromatic rings. The molecule has 0 saturated carbocycles. The van der Waals surface area contributed by atoms with Gasteiger partial charge in [0.2, 0.25) is 6.41 Å². The van der Waals surface area contributed by atoms with Crippen LogP contribution >= 0.6 is 57.8 Å². The number of amides is 3. The van der Waals surface area contributed by atoms with E-state index in [1.807, 2.05) is 0 Å². The number of carbonyl (C=O) groups is 5. The fraction of sp³-hybridized carbons (Fsp3) is 0.375. The van der Waals surface area contributed by atoms with E-state index in [4.69, 9.17) is 21.2 Å². The lowest BCUT2D eigenvalue weighted by atomic mass is 10.0. The van der Waals surface area contributed by atoms with Crippen molar-refractivity contribution in [3.63, 3.8) is 0 Å². The van der Waals surface area contributed by atoms with Crippen molar-refractivity contribution in [1.82, 2.24) is 25.4 Å². The van der Waals surface area contributed by atoms with Crippen LogP contribution < -0.4 is 10.6 Å².